The Balaban J connectivity index is 1.33. The van der Waals surface area contributed by atoms with Crippen LogP contribution < -0.4 is 0 Å². The van der Waals surface area contributed by atoms with Crippen molar-refractivity contribution < 1.29 is 12.8 Å². The number of benzene rings is 5. The summed E-state index contributed by atoms with van der Waals surface area (Å²) in [6.07, 6.45) is 0. The first-order valence-corrected chi connectivity index (χ1v) is 14.3. The zero-order valence-electron chi connectivity index (χ0n) is 20.9. The molecule has 0 spiro atoms. The van der Waals surface area contributed by atoms with Gasteiger partial charge in [0, 0.05) is 38.6 Å². The van der Waals surface area contributed by atoms with Crippen molar-refractivity contribution in [2.75, 3.05) is 0 Å². The highest BCUT2D eigenvalue weighted by Crippen LogP contribution is 2.44. The Morgan fingerprint density at radius 2 is 1.07 bits per heavy atom. The highest BCUT2D eigenvalue weighted by Gasteiger charge is 2.32. The number of nitrogens with zero attached hydrogens (tertiary/aromatic N) is 3. The van der Waals surface area contributed by atoms with Crippen molar-refractivity contribution in [2.24, 2.45) is 0 Å². The lowest BCUT2D eigenvalue weighted by Gasteiger charge is -2.09. The third-order valence-corrected chi connectivity index (χ3v) is 9.17. The Bertz CT molecular complexity index is 2240. The van der Waals surface area contributed by atoms with E-state index >= 15 is 0 Å². The molecule has 1 aliphatic rings. The second-order valence-corrected chi connectivity index (χ2v) is 11.6. The highest BCUT2D eigenvalue weighted by atomic mass is 32.2. The number of hydrogen-bond acceptors (Lipinski definition) is 6. The molecule has 7 heteroatoms. The molecule has 0 N–H and O–H groups in total. The van der Waals surface area contributed by atoms with Crippen LogP contribution in [0.25, 0.3) is 67.2 Å². The molecule has 1 aliphatic heterocycles. The summed E-state index contributed by atoms with van der Waals surface area (Å²) in [4.78, 5) is 15.1. The minimum Gasteiger partial charge on any atom is -0.456 e. The number of sulfone groups is 1. The summed E-state index contributed by atoms with van der Waals surface area (Å²) >= 11 is 0. The summed E-state index contributed by atoms with van der Waals surface area (Å²) in [5.74, 6) is 1.48. The fraction of sp³-hybridized carbons (Fsp3) is 0. The van der Waals surface area contributed by atoms with E-state index in [0.717, 1.165) is 33.1 Å². The van der Waals surface area contributed by atoms with Crippen molar-refractivity contribution in [3.8, 4) is 45.3 Å². The van der Waals surface area contributed by atoms with Gasteiger partial charge >= 0.3 is 0 Å². The van der Waals surface area contributed by atoms with Crippen LogP contribution in [0.1, 0.15) is 0 Å². The zero-order valence-corrected chi connectivity index (χ0v) is 21.8. The molecular weight excluding hydrogens is 518 g/mol. The van der Waals surface area contributed by atoms with Crippen molar-refractivity contribution in [2.45, 2.75) is 9.79 Å². The number of fused-ring (bicyclic) bond motifs is 6. The van der Waals surface area contributed by atoms with Gasteiger partial charge in [0.1, 0.15) is 11.2 Å². The number of rotatable bonds is 3. The van der Waals surface area contributed by atoms with Gasteiger partial charge in [-0.15, -0.1) is 0 Å². The summed E-state index contributed by atoms with van der Waals surface area (Å²) < 4.78 is 32.4. The fourth-order valence-electron chi connectivity index (χ4n) is 5.37. The molecule has 0 aliphatic carbocycles. The Labute approximate surface area is 229 Å². The topological polar surface area (TPSA) is 86.0 Å². The van der Waals surface area contributed by atoms with Crippen LogP contribution in [0.15, 0.2) is 129 Å². The van der Waals surface area contributed by atoms with Crippen molar-refractivity contribution in [3.63, 3.8) is 0 Å². The minimum atomic E-state index is -3.56. The third-order valence-electron chi connectivity index (χ3n) is 7.30. The summed E-state index contributed by atoms with van der Waals surface area (Å²) in [7, 11) is -3.56. The van der Waals surface area contributed by atoms with E-state index in [0.29, 0.717) is 44.0 Å². The number of para-hydroxylation sites is 1. The van der Waals surface area contributed by atoms with E-state index in [2.05, 4.69) is 0 Å². The van der Waals surface area contributed by atoms with E-state index < -0.39 is 9.84 Å². The predicted octanol–water partition coefficient (Wildman–Crippen LogP) is 7.59. The number of aromatic nitrogens is 3. The molecule has 0 saturated carbocycles. The molecule has 40 heavy (non-hydrogen) atoms. The maximum absolute atomic E-state index is 13.1. The Morgan fingerprint density at radius 3 is 1.90 bits per heavy atom. The van der Waals surface area contributed by atoms with Gasteiger partial charge < -0.3 is 4.42 Å². The van der Waals surface area contributed by atoms with Gasteiger partial charge in [-0.1, -0.05) is 72.8 Å². The molecule has 5 aromatic carbocycles. The van der Waals surface area contributed by atoms with Crippen molar-refractivity contribution in [3.05, 3.63) is 115 Å². The van der Waals surface area contributed by atoms with Gasteiger partial charge in [0.25, 0.3) is 0 Å². The number of furan rings is 1. The maximum atomic E-state index is 13.1. The van der Waals surface area contributed by atoms with Gasteiger partial charge in [-0.2, -0.15) is 0 Å². The monoisotopic (exact) mass is 537 g/mol. The van der Waals surface area contributed by atoms with Gasteiger partial charge in [0.05, 0.1) is 9.79 Å². The standard InChI is InChI=1S/C33H19N3O3S/c37-40(38)29-13-7-5-11-25(29)26-18-21(15-17-30(26)40)32-34-31(20-8-2-1-3-9-20)35-33(36-32)22-14-16-24-23-10-4-6-12-27(23)39-28(24)19-22/h1-19H. The molecule has 3 heterocycles. The van der Waals surface area contributed by atoms with Crippen molar-refractivity contribution in [1.82, 2.24) is 15.0 Å². The highest BCUT2D eigenvalue weighted by molar-refractivity contribution is 7.92. The van der Waals surface area contributed by atoms with Crippen LogP contribution in [0.3, 0.4) is 0 Å². The maximum Gasteiger partial charge on any atom is 0.207 e. The molecule has 0 atom stereocenters. The SMILES string of the molecule is O=S1(=O)c2ccccc2-c2cc(-c3nc(-c4ccccc4)nc(-c4ccc5c(c4)oc4ccccc45)n3)ccc21. The average Bonchev–Trinajstić information content (AvgIpc) is 3.49. The lowest BCUT2D eigenvalue weighted by Crippen LogP contribution is -2.01. The average molecular weight is 538 g/mol. The molecule has 0 unspecified atom stereocenters. The molecular formula is C33H19N3O3S. The molecule has 190 valence electrons. The van der Waals surface area contributed by atoms with E-state index in [-0.39, 0.29) is 0 Å². The molecule has 0 radical (unpaired) electrons. The fourth-order valence-corrected chi connectivity index (χ4v) is 7.04. The quantitative estimate of drug-likeness (QED) is 0.231. The minimum absolute atomic E-state index is 0.297. The largest absolute Gasteiger partial charge is 0.456 e. The smallest absolute Gasteiger partial charge is 0.207 e. The van der Waals surface area contributed by atoms with Gasteiger partial charge in [-0.3, -0.25) is 0 Å². The summed E-state index contributed by atoms with van der Waals surface area (Å²) in [5, 5.41) is 2.08. The van der Waals surface area contributed by atoms with E-state index in [4.69, 9.17) is 19.4 Å². The first-order valence-electron chi connectivity index (χ1n) is 12.8. The van der Waals surface area contributed by atoms with E-state index in [1.807, 2.05) is 91.0 Å². The van der Waals surface area contributed by atoms with Crippen LogP contribution >= 0.6 is 0 Å². The van der Waals surface area contributed by atoms with Gasteiger partial charge in [-0.25, -0.2) is 23.4 Å². The Hall–Kier alpha value is -5.14. The van der Waals surface area contributed by atoms with E-state index in [1.165, 1.54) is 0 Å². The van der Waals surface area contributed by atoms with Gasteiger partial charge in [0.2, 0.25) is 9.84 Å². The normalized spacial score (nSPS) is 13.4. The van der Waals surface area contributed by atoms with Crippen LogP contribution in [0.4, 0.5) is 0 Å². The molecule has 7 aromatic rings. The number of hydrogen-bond donors (Lipinski definition) is 0. The van der Waals surface area contributed by atoms with Crippen LogP contribution in [0, 0.1) is 0 Å². The summed E-state index contributed by atoms with van der Waals surface area (Å²) in [6, 6.07) is 36.0. The predicted molar refractivity (Wildman–Crippen MR) is 154 cm³/mol. The van der Waals surface area contributed by atoms with E-state index in [9.17, 15) is 8.42 Å². The molecule has 0 fully saturated rings. The molecule has 2 aromatic heterocycles. The summed E-state index contributed by atoms with van der Waals surface area (Å²) in [5.41, 5.74) is 5.27. The zero-order chi connectivity index (χ0) is 26.8. The lowest BCUT2D eigenvalue weighted by molar-refractivity contribution is 0.598. The lowest BCUT2D eigenvalue weighted by atomic mass is 10.0. The van der Waals surface area contributed by atoms with Crippen LogP contribution in [0.5, 0.6) is 0 Å². The van der Waals surface area contributed by atoms with Gasteiger partial charge in [-0.05, 0) is 42.5 Å². The van der Waals surface area contributed by atoms with Crippen LogP contribution in [-0.2, 0) is 9.84 Å². The first kappa shape index (κ1) is 22.8. The molecule has 0 amide bonds. The molecule has 8 rings (SSSR count). The summed E-state index contributed by atoms with van der Waals surface area (Å²) in [6.45, 7) is 0. The molecule has 0 saturated heterocycles. The van der Waals surface area contributed by atoms with Crippen LogP contribution in [0.2, 0.25) is 0 Å². The second-order valence-electron chi connectivity index (χ2n) is 9.69. The Kier molecular flexibility index (Phi) is 4.81. The molecule has 6 nitrogen and oxygen atoms in total. The molecule has 0 bridgehead atoms. The first-order chi connectivity index (χ1) is 19.6. The van der Waals surface area contributed by atoms with Crippen molar-refractivity contribution in [1.29, 1.82) is 0 Å². The van der Waals surface area contributed by atoms with Gasteiger partial charge in [0.15, 0.2) is 17.5 Å². The van der Waals surface area contributed by atoms with E-state index in [1.54, 1.807) is 24.3 Å². The second kappa shape index (κ2) is 8.43. The van der Waals surface area contributed by atoms with Crippen molar-refractivity contribution >= 4 is 31.8 Å². The Morgan fingerprint density at radius 1 is 0.475 bits per heavy atom. The van der Waals surface area contributed by atoms with Crippen LogP contribution in [-0.4, -0.2) is 23.4 Å². The third kappa shape index (κ3) is 3.41.